The van der Waals surface area contributed by atoms with Crippen LogP contribution < -0.4 is 4.74 Å². The van der Waals surface area contributed by atoms with Crippen molar-refractivity contribution in [3.05, 3.63) is 29.3 Å². The molecule has 2 aliphatic heterocycles. The molecular weight excluding hydrogens is 344 g/mol. The molecule has 26 heavy (non-hydrogen) atoms. The van der Waals surface area contributed by atoms with E-state index in [0.29, 0.717) is 0 Å². The zero-order chi connectivity index (χ0) is 19.3. The van der Waals surface area contributed by atoms with Crippen LogP contribution in [0.4, 0.5) is 13.6 Å². The van der Waals surface area contributed by atoms with Gasteiger partial charge in [-0.15, -0.1) is 0 Å². The van der Waals surface area contributed by atoms with E-state index in [1.807, 2.05) is 0 Å². The monoisotopic (exact) mass is 369 g/mol. The van der Waals surface area contributed by atoms with Gasteiger partial charge in [0.15, 0.2) is 11.6 Å². The van der Waals surface area contributed by atoms with Crippen LogP contribution in [-0.2, 0) is 10.3 Å². The second kappa shape index (κ2) is 6.37. The lowest BCUT2D eigenvalue weighted by Crippen LogP contribution is -2.53. The molecule has 0 saturated carbocycles. The van der Waals surface area contributed by atoms with E-state index in [2.05, 4.69) is 0 Å². The number of halogens is 2. The molecular formula is C19H25F2NO4. The Morgan fingerprint density at radius 3 is 2.31 bits per heavy atom. The van der Waals surface area contributed by atoms with Crippen molar-refractivity contribution in [1.29, 1.82) is 0 Å². The van der Waals surface area contributed by atoms with Gasteiger partial charge < -0.3 is 19.5 Å². The van der Waals surface area contributed by atoms with Crippen molar-refractivity contribution in [3.8, 4) is 5.75 Å². The average Bonchev–Trinajstić information content (AvgIpc) is 2.81. The minimum Gasteiger partial charge on any atom is -0.494 e. The van der Waals surface area contributed by atoms with Crippen molar-refractivity contribution in [3.63, 3.8) is 0 Å². The standard InChI is InChI=1S/C19H25F2NO4/c1-18(2,3)26-17(23)22-12-5-6-13(22)10-19(24,9-12)11-7-14(20)16(21)15(8-11)25-4/h7-8,12-13,24H,5-6,9-10H2,1-4H3. The highest BCUT2D eigenvalue weighted by Gasteiger charge is 2.51. The second-order valence-electron chi connectivity index (χ2n) is 8.19. The molecule has 0 spiro atoms. The maximum atomic E-state index is 13.9. The summed E-state index contributed by atoms with van der Waals surface area (Å²) in [5.74, 6) is -2.38. The van der Waals surface area contributed by atoms with Crippen molar-refractivity contribution in [1.82, 2.24) is 4.90 Å². The highest BCUT2D eigenvalue weighted by molar-refractivity contribution is 5.70. The van der Waals surface area contributed by atoms with Crippen LogP contribution in [0.5, 0.6) is 5.75 Å². The predicted octanol–water partition coefficient (Wildman–Crippen LogP) is 3.72. The highest BCUT2D eigenvalue weighted by atomic mass is 19.2. The number of fused-ring (bicyclic) bond motifs is 2. The average molecular weight is 369 g/mol. The molecule has 1 aromatic carbocycles. The minimum absolute atomic E-state index is 0.201. The number of nitrogens with zero attached hydrogens (tertiary/aromatic N) is 1. The van der Waals surface area contributed by atoms with Gasteiger partial charge in [-0.25, -0.2) is 9.18 Å². The summed E-state index contributed by atoms with van der Waals surface area (Å²) >= 11 is 0. The summed E-state index contributed by atoms with van der Waals surface area (Å²) in [6, 6.07) is 1.95. The summed E-state index contributed by atoms with van der Waals surface area (Å²) in [5, 5.41) is 11.2. The lowest BCUT2D eigenvalue weighted by Gasteiger charge is -2.44. The van der Waals surface area contributed by atoms with E-state index >= 15 is 0 Å². The first-order valence-electron chi connectivity index (χ1n) is 8.81. The summed E-state index contributed by atoms with van der Waals surface area (Å²) in [4.78, 5) is 14.2. The number of hydrogen-bond acceptors (Lipinski definition) is 4. The van der Waals surface area contributed by atoms with Crippen molar-refractivity contribution >= 4 is 6.09 Å². The Kier molecular flexibility index (Phi) is 4.63. The Hall–Kier alpha value is -1.89. The number of carbonyl (C=O) groups is 1. The van der Waals surface area contributed by atoms with Gasteiger partial charge >= 0.3 is 6.09 Å². The Morgan fingerprint density at radius 1 is 1.23 bits per heavy atom. The Morgan fingerprint density at radius 2 is 1.81 bits per heavy atom. The number of piperidine rings is 1. The molecule has 7 heteroatoms. The number of carbonyl (C=O) groups excluding carboxylic acids is 1. The zero-order valence-corrected chi connectivity index (χ0v) is 15.5. The van der Waals surface area contributed by atoms with E-state index in [0.717, 1.165) is 18.9 Å². The van der Waals surface area contributed by atoms with Crippen LogP contribution in [0.3, 0.4) is 0 Å². The van der Waals surface area contributed by atoms with Gasteiger partial charge in [0.05, 0.1) is 12.7 Å². The molecule has 1 N–H and O–H groups in total. The SMILES string of the molecule is COc1cc(C2(O)CC3CCC(C2)N3C(=O)OC(C)(C)C)cc(F)c1F. The molecule has 2 bridgehead atoms. The first kappa shape index (κ1) is 18.9. The number of hydrogen-bond donors (Lipinski definition) is 1. The molecule has 1 aromatic rings. The smallest absolute Gasteiger partial charge is 0.410 e. The van der Waals surface area contributed by atoms with E-state index in [1.165, 1.54) is 13.2 Å². The number of rotatable bonds is 2. The molecule has 1 amide bonds. The van der Waals surface area contributed by atoms with Crippen LogP contribution in [0.15, 0.2) is 12.1 Å². The molecule has 0 aliphatic carbocycles. The first-order valence-corrected chi connectivity index (χ1v) is 8.81. The lowest BCUT2D eigenvalue weighted by atomic mass is 9.80. The molecule has 3 rings (SSSR count). The minimum atomic E-state index is -1.34. The number of benzene rings is 1. The van der Waals surface area contributed by atoms with Crippen LogP contribution in [-0.4, -0.2) is 40.9 Å². The van der Waals surface area contributed by atoms with E-state index < -0.39 is 28.9 Å². The van der Waals surface area contributed by atoms with Crippen LogP contribution in [0.25, 0.3) is 0 Å². The summed E-state index contributed by atoms with van der Waals surface area (Å²) in [7, 11) is 1.25. The molecule has 0 radical (unpaired) electrons. The number of methoxy groups -OCH3 is 1. The van der Waals surface area contributed by atoms with Crippen LogP contribution in [0, 0.1) is 11.6 Å². The highest BCUT2D eigenvalue weighted by Crippen LogP contribution is 2.47. The van der Waals surface area contributed by atoms with Crippen LogP contribution in [0.1, 0.15) is 52.0 Å². The molecule has 2 fully saturated rings. The maximum absolute atomic E-state index is 13.9. The fourth-order valence-electron chi connectivity index (χ4n) is 4.05. The maximum Gasteiger partial charge on any atom is 0.410 e. The van der Waals surface area contributed by atoms with Gasteiger partial charge in [0.1, 0.15) is 5.60 Å². The molecule has 2 heterocycles. The second-order valence-corrected chi connectivity index (χ2v) is 8.19. The number of amides is 1. The van der Waals surface area contributed by atoms with Gasteiger partial charge in [0.2, 0.25) is 5.82 Å². The fraction of sp³-hybridized carbons (Fsp3) is 0.632. The molecule has 2 aliphatic rings. The van der Waals surface area contributed by atoms with Gasteiger partial charge in [-0.2, -0.15) is 4.39 Å². The topological polar surface area (TPSA) is 59.0 Å². The van der Waals surface area contributed by atoms with Crippen molar-refractivity contribution in [2.75, 3.05) is 7.11 Å². The Bertz CT molecular complexity index is 702. The molecule has 0 aromatic heterocycles. The van der Waals surface area contributed by atoms with Gasteiger partial charge in [-0.1, -0.05) is 0 Å². The number of ether oxygens (including phenoxy) is 2. The van der Waals surface area contributed by atoms with Crippen molar-refractivity contribution in [2.45, 2.75) is 69.7 Å². The molecule has 144 valence electrons. The van der Waals surface area contributed by atoms with E-state index in [9.17, 15) is 18.7 Å². The fourth-order valence-corrected chi connectivity index (χ4v) is 4.05. The Labute approximate surface area is 151 Å². The van der Waals surface area contributed by atoms with Crippen LogP contribution >= 0.6 is 0 Å². The third-order valence-corrected chi connectivity index (χ3v) is 5.12. The van der Waals surface area contributed by atoms with E-state index in [1.54, 1.807) is 25.7 Å². The molecule has 2 atom stereocenters. The summed E-state index contributed by atoms with van der Waals surface area (Å²) in [6.45, 7) is 5.42. The largest absolute Gasteiger partial charge is 0.494 e. The third kappa shape index (κ3) is 3.37. The van der Waals surface area contributed by atoms with Gasteiger partial charge in [0, 0.05) is 24.9 Å². The van der Waals surface area contributed by atoms with Gasteiger partial charge in [0.25, 0.3) is 0 Å². The summed E-state index contributed by atoms with van der Waals surface area (Å²) in [6.07, 6.45) is 1.59. The normalized spacial score (nSPS) is 28.2. The Balaban J connectivity index is 1.86. The molecule has 2 unspecified atom stereocenters. The lowest BCUT2D eigenvalue weighted by molar-refractivity contribution is -0.0627. The van der Waals surface area contributed by atoms with Crippen molar-refractivity contribution < 1.29 is 28.2 Å². The van der Waals surface area contributed by atoms with Gasteiger partial charge in [-0.3, -0.25) is 0 Å². The summed E-state index contributed by atoms with van der Waals surface area (Å²) < 4.78 is 38.0. The molecule has 2 saturated heterocycles. The third-order valence-electron chi connectivity index (χ3n) is 5.12. The van der Waals surface area contributed by atoms with Gasteiger partial charge in [-0.05, 0) is 51.3 Å². The number of aliphatic hydroxyl groups is 1. The van der Waals surface area contributed by atoms with Crippen LogP contribution in [0.2, 0.25) is 0 Å². The zero-order valence-electron chi connectivity index (χ0n) is 15.5. The quantitative estimate of drug-likeness (QED) is 0.863. The van der Waals surface area contributed by atoms with Crippen molar-refractivity contribution in [2.24, 2.45) is 0 Å². The van der Waals surface area contributed by atoms with E-state index in [-0.39, 0.29) is 36.2 Å². The van der Waals surface area contributed by atoms with E-state index in [4.69, 9.17) is 9.47 Å². The summed E-state index contributed by atoms with van der Waals surface area (Å²) in [5.41, 5.74) is -1.67. The predicted molar refractivity (Wildman–Crippen MR) is 90.9 cm³/mol. The molecule has 5 nitrogen and oxygen atoms in total. The first-order chi connectivity index (χ1) is 12.0.